The molecule has 3 atom stereocenters. The Balaban J connectivity index is 1.85. The van der Waals surface area contributed by atoms with Gasteiger partial charge >= 0.3 is 0 Å². The second kappa shape index (κ2) is 7.68. The molecule has 1 aliphatic rings. The van der Waals surface area contributed by atoms with E-state index in [0.29, 0.717) is 11.9 Å². The van der Waals surface area contributed by atoms with Gasteiger partial charge in [0.25, 0.3) is 0 Å². The summed E-state index contributed by atoms with van der Waals surface area (Å²) in [6, 6.07) is 11.9. The molecule has 0 saturated carbocycles. The quantitative estimate of drug-likeness (QED) is 0.727. The van der Waals surface area contributed by atoms with Crippen molar-refractivity contribution in [1.29, 1.82) is 0 Å². The van der Waals surface area contributed by atoms with Crippen molar-refractivity contribution in [2.45, 2.75) is 58.7 Å². The lowest BCUT2D eigenvalue weighted by Crippen LogP contribution is -2.40. The minimum atomic E-state index is -3.49. The zero-order valence-electron chi connectivity index (χ0n) is 16.2. The molecule has 2 aromatic rings. The van der Waals surface area contributed by atoms with Crippen molar-refractivity contribution in [2.24, 2.45) is 0 Å². The lowest BCUT2D eigenvalue weighted by atomic mass is 9.92. The molecular weight excluding hydrogens is 343 g/mol. The summed E-state index contributed by atoms with van der Waals surface area (Å²) in [5.74, 6) is 0. The van der Waals surface area contributed by atoms with Gasteiger partial charge in [-0.15, -0.1) is 0 Å². The Morgan fingerprint density at radius 3 is 2.23 bits per heavy atom. The minimum absolute atomic E-state index is 0.300. The maximum atomic E-state index is 13.3. The average molecular weight is 372 g/mol. The number of rotatable bonds is 6. The maximum absolute atomic E-state index is 13.3. The van der Waals surface area contributed by atoms with Crippen LogP contribution in [0.2, 0.25) is 0 Å². The van der Waals surface area contributed by atoms with Crippen molar-refractivity contribution < 1.29 is 14.2 Å². The third-order valence-corrected chi connectivity index (χ3v) is 7.75. The first-order valence-corrected chi connectivity index (χ1v) is 11.2. The fourth-order valence-electron chi connectivity index (χ4n) is 3.93. The van der Waals surface area contributed by atoms with E-state index in [0.717, 1.165) is 36.0 Å². The Labute approximate surface area is 156 Å². The Kier molecular flexibility index (Phi) is 5.72. The number of benzene rings is 2. The molecule has 0 aromatic heterocycles. The first-order chi connectivity index (χ1) is 12.3. The molecule has 1 fully saturated rings. The smallest absolute Gasteiger partial charge is 0.237 e. The topological polar surface area (TPSA) is 46.5 Å². The summed E-state index contributed by atoms with van der Waals surface area (Å²) in [5.41, 5.74) is 5.39. The van der Waals surface area contributed by atoms with E-state index in [1.54, 1.807) is 0 Å². The highest BCUT2D eigenvalue weighted by molar-refractivity contribution is 7.66. The first kappa shape index (κ1) is 19.4. The van der Waals surface area contributed by atoms with Gasteiger partial charge in [-0.25, -0.2) is 0 Å². The van der Waals surface area contributed by atoms with Crippen LogP contribution in [0.5, 0.6) is 0 Å². The third-order valence-electron chi connectivity index (χ3n) is 5.39. The molecule has 1 saturated heterocycles. The summed E-state index contributed by atoms with van der Waals surface area (Å²) < 4.78 is 19.1. The Bertz CT molecular complexity index is 803. The van der Waals surface area contributed by atoms with Crippen molar-refractivity contribution in [3.05, 3.63) is 64.2 Å². The summed E-state index contributed by atoms with van der Waals surface area (Å²) in [6.07, 6.45) is 3.01. The van der Waals surface area contributed by atoms with E-state index in [2.05, 4.69) is 39.8 Å². The van der Waals surface area contributed by atoms with Crippen LogP contribution in [0.1, 0.15) is 53.7 Å². The average Bonchev–Trinajstić information content (AvgIpc) is 2.55. The summed E-state index contributed by atoms with van der Waals surface area (Å²) in [6.45, 7) is 8.68. The van der Waals surface area contributed by atoms with Crippen LogP contribution in [0.4, 0.5) is 0 Å². The highest BCUT2D eigenvalue weighted by Crippen LogP contribution is 2.56. The molecule has 1 heterocycles. The Morgan fingerprint density at radius 1 is 1.12 bits per heavy atom. The molecule has 1 N–H and O–H groups in total. The van der Waals surface area contributed by atoms with Crippen LogP contribution in [0, 0.1) is 20.8 Å². The summed E-state index contributed by atoms with van der Waals surface area (Å²) in [4.78, 5) is 10.9. The number of unbranched alkanes of at least 4 members (excludes halogenated alkanes) is 1. The first-order valence-electron chi connectivity index (χ1n) is 9.46. The van der Waals surface area contributed by atoms with Crippen molar-refractivity contribution in [3.63, 3.8) is 0 Å². The standard InChI is InChI=1S/C22H29O3P/c1-5-6-7-18-8-10-19(11-9-18)26(23,24)20-14-25-22(20)21-16(3)12-15(2)13-17(21)4/h8-13,20,22H,5-7,14H2,1-4H3,(H,23,24). The molecule has 0 amide bonds. The molecule has 1 aliphatic heterocycles. The van der Waals surface area contributed by atoms with Gasteiger partial charge in [0.2, 0.25) is 7.37 Å². The van der Waals surface area contributed by atoms with Gasteiger partial charge in [-0.2, -0.15) is 0 Å². The lowest BCUT2D eigenvalue weighted by molar-refractivity contribution is -0.0509. The molecule has 3 rings (SSSR count). The molecule has 0 bridgehead atoms. The van der Waals surface area contributed by atoms with Crippen LogP contribution in [-0.2, 0) is 15.7 Å². The van der Waals surface area contributed by atoms with E-state index < -0.39 is 7.37 Å². The normalized spacial score (nSPS) is 21.9. The van der Waals surface area contributed by atoms with Gasteiger partial charge in [0, 0.05) is 5.30 Å². The van der Waals surface area contributed by atoms with E-state index in [-0.39, 0.29) is 11.8 Å². The Hall–Kier alpha value is -1.41. The predicted octanol–water partition coefficient (Wildman–Crippen LogP) is 4.99. The molecule has 0 radical (unpaired) electrons. The molecule has 0 aliphatic carbocycles. The number of aryl methyl sites for hydroxylation is 4. The van der Waals surface area contributed by atoms with Gasteiger partial charge in [0.05, 0.1) is 18.4 Å². The minimum Gasteiger partial charge on any atom is -0.372 e. The fourth-order valence-corrected chi connectivity index (χ4v) is 5.78. The van der Waals surface area contributed by atoms with Gasteiger partial charge < -0.3 is 9.63 Å². The molecule has 3 nitrogen and oxygen atoms in total. The second-order valence-corrected chi connectivity index (χ2v) is 9.95. The molecule has 4 heteroatoms. The highest BCUT2D eigenvalue weighted by atomic mass is 31.2. The van der Waals surface area contributed by atoms with Crippen molar-refractivity contribution in [1.82, 2.24) is 0 Å². The van der Waals surface area contributed by atoms with Crippen LogP contribution in [0.25, 0.3) is 0 Å². The van der Waals surface area contributed by atoms with Gasteiger partial charge in [-0.1, -0.05) is 43.2 Å². The summed E-state index contributed by atoms with van der Waals surface area (Å²) >= 11 is 0. The highest BCUT2D eigenvalue weighted by Gasteiger charge is 2.47. The molecular formula is C22H29O3P. The van der Waals surface area contributed by atoms with Crippen LogP contribution < -0.4 is 5.30 Å². The number of hydrogen-bond donors (Lipinski definition) is 1. The van der Waals surface area contributed by atoms with E-state index in [1.165, 1.54) is 11.1 Å². The maximum Gasteiger partial charge on any atom is 0.237 e. The van der Waals surface area contributed by atoms with Crippen LogP contribution in [0.15, 0.2) is 36.4 Å². The third kappa shape index (κ3) is 3.67. The van der Waals surface area contributed by atoms with E-state index in [9.17, 15) is 9.46 Å². The molecule has 3 unspecified atom stereocenters. The van der Waals surface area contributed by atoms with Gasteiger partial charge in [-0.3, -0.25) is 4.57 Å². The molecule has 140 valence electrons. The second-order valence-electron chi connectivity index (χ2n) is 7.53. The summed E-state index contributed by atoms with van der Waals surface area (Å²) in [5, 5.41) is 0.540. The van der Waals surface area contributed by atoms with Crippen molar-refractivity contribution in [3.8, 4) is 0 Å². The fraction of sp³-hybridized carbons (Fsp3) is 0.455. The Morgan fingerprint density at radius 2 is 1.73 bits per heavy atom. The van der Waals surface area contributed by atoms with Gasteiger partial charge in [-0.05, 0) is 68.0 Å². The van der Waals surface area contributed by atoms with Crippen LogP contribution in [-0.4, -0.2) is 17.2 Å². The molecule has 0 spiro atoms. The number of hydrogen-bond acceptors (Lipinski definition) is 2. The molecule has 2 aromatic carbocycles. The molecule has 26 heavy (non-hydrogen) atoms. The van der Waals surface area contributed by atoms with E-state index in [4.69, 9.17) is 4.74 Å². The lowest BCUT2D eigenvalue weighted by Gasteiger charge is -2.41. The van der Waals surface area contributed by atoms with E-state index in [1.807, 2.05) is 24.3 Å². The largest absolute Gasteiger partial charge is 0.372 e. The number of ether oxygens (including phenoxy) is 1. The zero-order chi connectivity index (χ0) is 18.9. The zero-order valence-corrected chi connectivity index (χ0v) is 17.1. The van der Waals surface area contributed by atoms with Crippen molar-refractivity contribution >= 4 is 12.7 Å². The summed E-state index contributed by atoms with van der Waals surface area (Å²) in [7, 11) is -3.49. The predicted molar refractivity (Wildman–Crippen MR) is 108 cm³/mol. The van der Waals surface area contributed by atoms with Crippen molar-refractivity contribution in [2.75, 3.05) is 6.61 Å². The van der Waals surface area contributed by atoms with Gasteiger partial charge in [0.1, 0.15) is 0 Å². The van der Waals surface area contributed by atoms with Crippen LogP contribution >= 0.6 is 7.37 Å². The van der Waals surface area contributed by atoms with E-state index >= 15 is 0 Å². The van der Waals surface area contributed by atoms with Crippen LogP contribution in [0.3, 0.4) is 0 Å². The van der Waals surface area contributed by atoms with Gasteiger partial charge in [0.15, 0.2) is 0 Å². The monoisotopic (exact) mass is 372 g/mol. The SMILES string of the molecule is CCCCc1ccc(P(=O)(O)C2COC2c2c(C)cc(C)cc2C)cc1.